The average molecular weight is 445 g/mol. The van der Waals surface area contributed by atoms with E-state index in [4.69, 9.17) is 20.9 Å². The normalized spacial score (nSPS) is 15.1. The van der Waals surface area contributed by atoms with Gasteiger partial charge in [0.2, 0.25) is 17.6 Å². The third-order valence-electron chi connectivity index (χ3n) is 5.30. The molecule has 7 nitrogen and oxygen atoms in total. The fourth-order valence-corrected chi connectivity index (χ4v) is 3.79. The second-order valence-electron chi connectivity index (χ2n) is 7.41. The molecule has 2 heterocycles. The topological polar surface area (TPSA) is 80.5 Å². The maximum absolute atomic E-state index is 13.1. The van der Waals surface area contributed by atoms with Gasteiger partial charge >= 0.3 is 0 Å². The Bertz CT molecular complexity index is 1050. The lowest BCUT2D eigenvalue weighted by molar-refractivity contribution is -0.117. The summed E-state index contributed by atoms with van der Waals surface area (Å²) < 4.78 is 23.8. The molecular weight excluding hydrogens is 423 g/mol. The van der Waals surface area contributed by atoms with Crippen LogP contribution in [0.1, 0.15) is 24.7 Å². The Balaban J connectivity index is 1.29. The highest BCUT2D eigenvalue weighted by Crippen LogP contribution is 2.29. The van der Waals surface area contributed by atoms with E-state index in [0.29, 0.717) is 17.4 Å². The zero-order valence-corrected chi connectivity index (χ0v) is 17.7. The van der Waals surface area contributed by atoms with Gasteiger partial charge in [-0.25, -0.2) is 4.39 Å². The van der Waals surface area contributed by atoms with Crippen LogP contribution in [-0.4, -0.2) is 47.7 Å². The molecule has 3 aromatic rings. The second-order valence-corrected chi connectivity index (χ2v) is 7.81. The zero-order valence-electron chi connectivity index (χ0n) is 17.0. The van der Waals surface area contributed by atoms with Gasteiger partial charge in [0.25, 0.3) is 0 Å². The number of carbonyl (C=O) groups excluding carboxylic acids is 1. The largest absolute Gasteiger partial charge is 0.497 e. The average Bonchev–Trinajstić information content (AvgIpc) is 3.26. The van der Waals surface area contributed by atoms with E-state index < -0.39 is 5.82 Å². The number of likely N-dealkylation sites (tertiary alicyclic amines) is 1. The third kappa shape index (κ3) is 5.21. The number of benzene rings is 2. The number of amides is 1. The highest BCUT2D eigenvalue weighted by molar-refractivity contribution is 6.33. The number of hydrogen-bond acceptors (Lipinski definition) is 6. The first-order valence-corrected chi connectivity index (χ1v) is 10.3. The van der Waals surface area contributed by atoms with E-state index >= 15 is 0 Å². The van der Waals surface area contributed by atoms with Gasteiger partial charge in [-0.05, 0) is 68.4 Å². The number of nitrogens with zero attached hydrogens (tertiary/aromatic N) is 3. The summed E-state index contributed by atoms with van der Waals surface area (Å²) in [6.45, 7) is 1.70. The molecule has 1 N–H and O–H groups in total. The van der Waals surface area contributed by atoms with Crippen molar-refractivity contribution >= 4 is 23.2 Å². The summed E-state index contributed by atoms with van der Waals surface area (Å²) in [7, 11) is 1.62. The summed E-state index contributed by atoms with van der Waals surface area (Å²) in [6, 6.07) is 11.4. The van der Waals surface area contributed by atoms with Gasteiger partial charge in [-0.3, -0.25) is 9.69 Å². The molecule has 0 unspecified atom stereocenters. The number of nitrogens with one attached hydrogen (secondary N) is 1. The van der Waals surface area contributed by atoms with Crippen molar-refractivity contribution in [3.05, 3.63) is 59.2 Å². The Morgan fingerprint density at radius 1 is 1.26 bits per heavy atom. The number of anilines is 1. The molecule has 0 bridgehead atoms. The molecule has 1 saturated heterocycles. The van der Waals surface area contributed by atoms with Crippen molar-refractivity contribution in [3.63, 3.8) is 0 Å². The van der Waals surface area contributed by atoms with Crippen LogP contribution >= 0.6 is 11.6 Å². The van der Waals surface area contributed by atoms with Crippen molar-refractivity contribution in [2.24, 2.45) is 0 Å². The van der Waals surface area contributed by atoms with E-state index in [1.807, 2.05) is 24.3 Å². The minimum atomic E-state index is -0.443. The van der Waals surface area contributed by atoms with E-state index in [-0.39, 0.29) is 23.4 Å². The molecule has 1 aliphatic rings. The van der Waals surface area contributed by atoms with Crippen LogP contribution in [0.3, 0.4) is 0 Å². The van der Waals surface area contributed by atoms with Crippen molar-refractivity contribution in [1.82, 2.24) is 15.0 Å². The number of aromatic nitrogens is 2. The molecule has 1 aromatic heterocycles. The minimum absolute atomic E-state index is 0.158. The standard InChI is InChI=1S/C22H22ClFN4O3/c1-30-17-5-2-14(3-6-17)21-26-22(31-27-21)15-8-10-28(11-9-15)13-20(29)25-19-7-4-16(24)12-18(19)23/h2-7,12,15H,8-11,13H2,1H3,(H,25,29). The van der Waals surface area contributed by atoms with E-state index in [0.717, 1.165) is 37.2 Å². The third-order valence-corrected chi connectivity index (χ3v) is 5.61. The predicted molar refractivity (Wildman–Crippen MR) is 115 cm³/mol. The molecule has 0 spiro atoms. The minimum Gasteiger partial charge on any atom is -0.497 e. The molecule has 31 heavy (non-hydrogen) atoms. The summed E-state index contributed by atoms with van der Waals surface area (Å²) in [4.78, 5) is 18.9. The van der Waals surface area contributed by atoms with Gasteiger partial charge in [-0.2, -0.15) is 4.98 Å². The summed E-state index contributed by atoms with van der Waals surface area (Å²) in [5.41, 5.74) is 1.27. The van der Waals surface area contributed by atoms with Gasteiger partial charge in [-0.15, -0.1) is 0 Å². The number of carbonyl (C=O) groups is 1. The fraction of sp³-hybridized carbons (Fsp3) is 0.318. The number of methoxy groups -OCH3 is 1. The number of piperidine rings is 1. The molecule has 1 amide bonds. The van der Waals surface area contributed by atoms with Gasteiger partial charge < -0.3 is 14.6 Å². The van der Waals surface area contributed by atoms with E-state index in [1.54, 1.807) is 7.11 Å². The number of hydrogen-bond donors (Lipinski definition) is 1. The first-order valence-electron chi connectivity index (χ1n) is 9.97. The summed E-state index contributed by atoms with van der Waals surface area (Å²) in [6.07, 6.45) is 1.63. The van der Waals surface area contributed by atoms with Crippen molar-refractivity contribution in [2.45, 2.75) is 18.8 Å². The lowest BCUT2D eigenvalue weighted by atomic mass is 9.97. The fourth-order valence-electron chi connectivity index (χ4n) is 3.58. The molecule has 0 radical (unpaired) electrons. The number of rotatable bonds is 6. The van der Waals surface area contributed by atoms with Crippen molar-refractivity contribution < 1.29 is 18.4 Å². The first kappa shape index (κ1) is 21.3. The lowest BCUT2D eigenvalue weighted by Gasteiger charge is -2.29. The molecule has 1 fully saturated rings. The van der Waals surface area contributed by atoms with Crippen molar-refractivity contribution in [1.29, 1.82) is 0 Å². The Morgan fingerprint density at radius 3 is 2.68 bits per heavy atom. The molecule has 0 aliphatic carbocycles. The van der Waals surface area contributed by atoms with Gasteiger partial charge in [0.15, 0.2) is 0 Å². The molecule has 162 valence electrons. The van der Waals surface area contributed by atoms with Crippen LogP contribution in [0.25, 0.3) is 11.4 Å². The van der Waals surface area contributed by atoms with Crippen LogP contribution in [0.15, 0.2) is 47.0 Å². The van der Waals surface area contributed by atoms with E-state index in [9.17, 15) is 9.18 Å². The van der Waals surface area contributed by atoms with Crippen LogP contribution in [-0.2, 0) is 4.79 Å². The Morgan fingerprint density at radius 2 is 2.00 bits per heavy atom. The smallest absolute Gasteiger partial charge is 0.238 e. The number of halogens is 2. The first-order chi connectivity index (χ1) is 15.0. The van der Waals surface area contributed by atoms with Crippen LogP contribution in [0.5, 0.6) is 5.75 Å². The van der Waals surface area contributed by atoms with Crippen molar-refractivity contribution in [2.75, 3.05) is 32.1 Å². The molecule has 1 aliphatic heterocycles. The zero-order chi connectivity index (χ0) is 21.8. The monoisotopic (exact) mass is 444 g/mol. The van der Waals surface area contributed by atoms with Gasteiger partial charge in [0.05, 0.1) is 24.4 Å². The molecular formula is C22H22ClFN4O3. The Kier molecular flexibility index (Phi) is 6.48. The van der Waals surface area contributed by atoms with Gasteiger partial charge in [0, 0.05) is 11.5 Å². The van der Waals surface area contributed by atoms with Crippen LogP contribution in [0, 0.1) is 5.82 Å². The number of ether oxygens (including phenoxy) is 1. The predicted octanol–water partition coefficient (Wildman–Crippen LogP) is 4.36. The summed E-state index contributed by atoms with van der Waals surface area (Å²) >= 11 is 5.97. The highest BCUT2D eigenvalue weighted by Gasteiger charge is 2.26. The van der Waals surface area contributed by atoms with Crippen LogP contribution < -0.4 is 10.1 Å². The maximum Gasteiger partial charge on any atom is 0.238 e. The molecule has 2 aromatic carbocycles. The quantitative estimate of drug-likeness (QED) is 0.608. The molecule has 9 heteroatoms. The Hall–Kier alpha value is -2.97. The summed E-state index contributed by atoms with van der Waals surface area (Å²) in [5, 5.41) is 7.01. The molecule has 4 rings (SSSR count). The van der Waals surface area contributed by atoms with E-state index in [2.05, 4.69) is 20.4 Å². The second kappa shape index (κ2) is 9.45. The van der Waals surface area contributed by atoms with Crippen LogP contribution in [0.4, 0.5) is 10.1 Å². The summed E-state index contributed by atoms with van der Waals surface area (Å²) in [5.74, 6) is 1.47. The van der Waals surface area contributed by atoms with Crippen molar-refractivity contribution in [3.8, 4) is 17.1 Å². The van der Waals surface area contributed by atoms with Gasteiger partial charge in [0.1, 0.15) is 11.6 Å². The highest BCUT2D eigenvalue weighted by atomic mass is 35.5. The molecule has 0 saturated carbocycles. The Labute approximate surface area is 184 Å². The van der Waals surface area contributed by atoms with E-state index in [1.165, 1.54) is 18.2 Å². The maximum atomic E-state index is 13.1. The van der Waals surface area contributed by atoms with Crippen LogP contribution in [0.2, 0.25) is 5.02 Å². The lowest BCUT2D eigenvalue weighted by Crippen LogP contribution is -2.38. The molecule has 0 atom stereocenters. The van der Waals surface area contributed by atoms with Gasteiger partial charge in [-0.1, -0.05) is 16.8 Å². The SMILES string of the molecule is COc1ccc(-c2noc(C3CCN(CC(=O)Nc4ccc(F)cc4Cl)CC3)n2)cc1.